The summed E-state index contributed by atoms with van der Waals surface area (Å²) >= 11 is 0. The van der Waals surface area contributed by atoms with Gasteiger partial charge in [0.15, 0.2) is 0 Å². The standard InChI is InChI=1S/C25H25FN4O5/c1-5-7-15-8-9-16(24(31)35-4)12-18(15)17(6-2)20-10-11-27-25(28-20)29-21-14-22(30(32)33)19(26)13-23(21)34-3/h6,8-14H,5,7H2,1-4H3,(H,27,28,29)/b17-6+. The van der Waals surface area contributed by atoms with Crippen LogP contribution in [-0.4, -0.2) is 35.1 Å². The van der Waals surface area contributed by atoms with Gasteiger partial charge in [0.05, 0.1) is 36.1 Å². The van der Waals surface area contributed by atoms with Gasteiger partial charge in [-0.05, 0) is 42.7 Å². The van der Waals surface area contributed by atoms with Crippen LogP contribution in [0, 0.1) is 15.9 Å². The number of nitrogens with zero attached hydrogens (tertiary/aromatic N) is 3. The predicted octanol–water partition coefficient (Wildman–Crippen LogP) is 5.47. The number of hydrogen-bond acceptors (Lipinski definition) is 8. The van der Waals surface area contributed by atoms with E-state index in [0.29, 0.717) is 11.3 Å². The first-order valence-electron chi connectivity index (χ1n) is 10.8. The highest BCUT2D eigenvalue weighted by Gasteiger charge is 2.20. The Labute approximate surface area is 201 Å². The number of aromatic nitrogens is 2. The summed E-state index contributed by atoms with van der Waals surface area (Å²) in [5, 5.41) is 14.0. The third-order valence-corrected chi connectivity index (χ3v) is 5.27. The number of nitro benzene ring substituents is 1. The van der Waals surface area contributed by atoms with Crippen LogP contribution in [0.2, 0.25) is 0 Å². The fourth-order valence-electron chi connectivity index (χ4n) is 3.64. The molecule has 2 aromatic carbocycles. The van der Waals surface area contributed by atoms with Gasteiger partial charge in [0.1, 0.15) is 5.75 Å². The van der Waals surface area contributed by atoms with Crippen molar-refractivity contribution in [3.05, 3.63) is 87.0 Å². The zero-order valence-corrected chi connectivity index (χ0v) is 19.8. The predicted molar refractivity (Wildman–Crippen MR) is 129 cm³/mol. The second-order valence-corrected chi connectivity index (χ2v) is 7.47. The van der Waals surface area contributed by atoms with E-state index >= 15 is 0 Å². The number of carbonyl (C=O) groups excluding carboxylic acids is 1. The van der Waals surface area contributed by atoms with E-state index in [9.17, 15) is 19.3 Å². The maximum Gasteiger partial charge on any atom is 0.337 e. The number of esters is 1. The van der Waals surface area contributed by atoms with Crippen LogP contribution in [0.25, 0.3) is 5.57 Å². The summed E-state index contributed by atoms with van der Waals surface area (Å²) in [6.07, 6.45) is 5.11. The van der Waals surface area contributed by atoms with Crippen molar-refractivity contribution < 1.29 is 23.6 Å². The second-order valence-electron chi connectivity index (χ2n) is 7.47. The molecule has 0 spiro atoms. The van der Waals surface area contributed by atoms with Crippen LogP contribution in [0.4, 0.5) is 21.7 Å². The Balaban J connectivity index is 2.05. The van der Waals surface area contributed by atoms with E-state index < -0.39 is 22.4 Å². The first-order chi connectivity index (χ1) is 16.8. The van der Waals surface area contributed by atoms with Crippen LogP contribution in [-0.2, 0) is 11.2 Å². The Morgan fingerprint density at radius 3 is 2.63 bits per heavy atom. The fraction of sp³-hybridized carbons (Fsp3) is 0.240. The number of aryl methyl sites for hydroxylation is 1. The van der Waals surface area contributed by atoms with Gasteiger partial charge in [0.25, 0.3) is 0 Å². The summed E-state index contributed by atoms with van der Waals surface area (Å²) < 4.78 is 24.0. The third-order valence-electron chi connectivity index (χ3n) is 5.27. The van der Waals surface area contributed by atoms with Crippen molar-refractivity contribution in [2.75, 3.05) is 19.5 Å². The molecule has 0 saturated carbocycles. The largest absolute Gasteiger partial charge is 0.494 e. The molecule has 10 heteroatoms. The van der Waals surface area contributed by atoms with Crippen molar-refractivity contribution in [1.82, 2.24) is 9.97 Å². The Morgan fingerprint density at radius 2 is 2.00 bits per heavy atom. The van der Waals surface area contributed by atoms with Gasteiger partial charge in [-0.3, -0.25) is 10.1 Å². The molecule has 0 radical (unpaired) electrons. The van der Waals surface area contributed by atoms with E-state index in [4.69, 9.17) is 9.47 Å². The lowest BCUT2D eigenvalue weighted by atomic mass is 9.92. The van der Waals surface area contributed by atoms with Gasteiger partial charge in [-0.2, -0.15) is 4.39 Å². The summed E-state index contributed by atoms with van der Waals surface area (Å²) in [6, 6.07) is 9.07. The highest BCUT2D eigenvalue weighted by molar-refractivity contribution is 5.92. The highest BCUT2D eigenvalue weighted by Crippen LogP contribution is 2.34. The second kappa shape index (κ2) is 11.2. The van der Waals surface area contributed by atoms with Crippen LogP contribution in [0.1, 0.15) is 47.4 Å². The number of anilines is 2. The van der Waals surface area contributed by atoms with Gasteiger partial charge >= 0.3 is 11.7 Å². The number of methoxy groups -OCH3 is 2. The SMILES string of the molecule is C/C=C(/c1ccnc(Nc2cc([N+](=O)[O-])c(F)cc2OC)n1)c1cc(C(=O)OC)ccc1CCC. The van der Waals surface area contributed by atoms with Crippen molar-refractivity contribution in [3.63, 3.8) is 0 Å². The van der Waals surface area contributed by atoms with Crippen molar-refractivity contribution in [3.8, 4) is 5.75 Å². The summed E-state index contributed by atoms with van der Waals surface area (Å²) in [4.78, 5) is 31.2. The first-order valence-corrected chi connectivity index (χ1v) is 10.8. The van der Waals surface area contributed by atoms with Gasteiger partial charge in [0, 0.05) is 23.9 Å². The minimum atomic E-state index is -1.02. The molecule has 0 aliphatic carbocycles. The highest BCUT2D eigenvalue weighted by atomic mass is 19.1. The van der Waals surface area contributed by atoms with Crippen molar-refractivity contribution in [2.45, 2.75) is 26.7 Å². The third kappa shape index (κ3) is 5.60. The molecule has 0 aliphatic rings. The van der Waals surface area contributed by atoms with Crippen molar-refractivity contribution in [1.29, 1.82) is 0 Å². The molecule has 1 N–H and O–H groups in total. The molecule has 0 saturated heterocycles. The van der Waals surface area contributed by atoms with Crippen LogP contribution in [0.3, 0.4) is 0 Å². The number of carbonyl (C=O) groups is 1. The molecule has 0 unspecified atom stereocenters. The van der Waals surface area contributed by atoms with Gasteiger partial charge in [0.2, 0.25) is 11.8 Å². The quantitative estimate of drug-likeness (QED) is 0.244. The van der Waals surface area contributed by atoms with Gasteiger partial charge < -0.3 is 14.8 Å². The van der Waals surface area contributed by atoms with E-state index in [-0.39, 0.29) is 17.4 Å². The topological polar surface area (TPSA) is 116 Å². The smallest absolute Gasteiger partial charge is 0.337 e. The van der Waals surface area contributed by atoms with Gasteiger partial charge in [-0.15, -0.1) is 0 Å². The van der Waals surface area contributed by atoms with Crippen LogP contribution in [0.15, 0.2) is 48.7 Å². The number of nitrogens with one attached hydrogen (secondary N) is 1. The minimum absolute atomic E-state index is 0.0596. The maximum atomic E-state index is 14.0. The number of allylic oxidation sites excluding steroid dienone is 1. The van der Waals surface area contributed by atoms with Gasteiger partial charge in [-0.1, -0.05) is 25.5 Å². The number of rotatable bonds is 9. The number of ether oxygens (including phenoxy) is 2. The molecule has 1 aromatic heterocycles. The number of hydrogen-bond donors (Lipinski definition) is 1. The molecular formula is C25H25FN4O5. The molecule has 182 valence electrons. The van der Waals surface area contributed by atoms with E-state index in [1.54, 1.807) is 18.2 Å². The number of benzene rings is 2. The maximum absolute atomic E-state index is 14.0. The van der Waals surface area contributed by atoms with Crippen molar-refractivity contribution >= 4 is 28.9 Å². The average Bonchev–Trinajstić information content (AvgIpc) is 2.86. The van der Waals surface area contributed by atoms with Crippen LogP contribution in [0.5, 0.6) is 5.75 Å². The normalized spacial score (nSPS) is 11.2. The Bertz CT molecular complexity index is 1290. The van der Waals surface area contributed by atoms with Crippen LogP contribution >= 0.6 is 0 Å². The van der Waals surface area contributed by atoms with E-state index in [1.807, 2.05) is 19.1 Å². The van der Waals surface area contributed by atoms with E-state index in [0.717, 1.165) is 41.7 Å². The first kappa shape index (κ1) is 25.3. The molecule has 9 nitrogen and oxygen atoms in total. The molecule has 3 aromatic rings. The summed E-state index contributed by atoms with van der Waals surface area (Å²) in [5.74, 6) is -1.27. The number of halogens is 1. The zero-order valence-electron chi connectivity index (χ0n) is 19.8. The molecule has 0 aliphatic heterocycles. The zero-order chi connectivity index (χ0) is 25.5. The Morgan fingerprint density at radius 1 is 1.23 bits per heavy atom. The molecule has 0 amide bonds. The van der Waals surface area contributed by atoms with Gasteiger partial charge in [-0.25, -0.2) is 14.8 Å². The summed E-state index contributed by atoms with van der Waals surface area (Å²) in [7, 11) is 2.65. The molecule has 1 heterocycles. The Hall–Kier alpha value is -4.34. The molecule has 35 heavy (non-hydrogen) atoms. The minimum Gasteiger partial charge on any atom is -0.494 e. The summed E-state index contributed by atoms with van der Waals surface area (Å²) in [5.41, 5.74) is 3.04. The number of nitro groups is 1. The average molecular weight is 480 g/mol. The molecular weight excluding hydrogens is 455 g/mol. The molecule has 0 bridgehead atoms. The molecule has 0 fully saturated rings. The Kier molecular flexibility index (Phi) is 8.08. The summed E-state index contributed by atoms with van der Waals surface area (Å²) in [6.45, 7) is 3.92. The van der Waals surface area contributed by atoms with E-state index in [1.165, 1.54) is 20.4 Å². The fourth-order valence-corrected chi connectivity index (χ4v) is 3.64. The molecule has 3 rings (SSSR count). The lowest BCUT2D eigenvalue weighted by molar-refractivity contribution is -0.387. The van der Waals surface area contributed by atoms with Crippen molar-refractivity contribution in [2.24, 2.45) is 0 Å². The molecule has 0 atom stereocenters. The van der Waals surface area contributed by atoms with E-state index in [2.05, 4.69) is 22.2 Å². The van der Waals surface area contributed by atoms with Crippen LogP contribution < -0.4 is 10.1 Å². The monoisotopic (exact) mass is 480 g/mol. The lowest BCUT2D eigenvalue weighted by Gasteiger charge is -2.15. The lowest BCUT2D eigenvalue weighted by Crippen LogP contribution is -2.06.